The first-order valence-corrected chi connectivity index (χ1v) is 12.6. The lowest BCUT2D eigenvalue weighted by molar-refractivity contribution is -0.137. The van der Waals surface area contributed by atoms with Crippen molar-refractivity contribution >= 4 is 34.3 Å². The fourth-order valence-corrected chi connectivity index (χ4v) is 6.54. The molecule has 0 aliphatic heterocycles. The van der Waals surface area contributed by atoms with E-state index in [1.54, 1.807) is 27.7 Å². The molecule has 174 valence electrons. The van der Waals surface area contributed by atoms with E-state index in [0.717, 1.165) is 27.9 Å². The number of alkyl halides is 3. The van der Waals surface area contributed by atoms with E-state index in [1.165, 1.54) is 23.5 Å². The second-order valence-electron chi connectivity index (χ2n) is 7.96. The number of aromatic nitrogens is 1. The summed E-state index contributed by atoms with van der Waals surface area (Å²) in [5.74, 6) is -1.05. The van der Waals surface area contributed by atoms with Gasteiger partial charge in [-0.25, -0.2) is 4.98 Å². The minimum atomic E-state index is -4.47. The molecule has 0 bridgehead atoms. The van der Waals surface area contributed by atoms with Crippen LogP contribution in [0.1, 0.15) is 50.2 Å². The Balaban J connectivity index is 2.08. The van der Waals surface area contributed by atoms with Crippen LogP contribution in [0.5, 0.6) is 0 Å². The Morgan fingerprint density at radius 2 is 1.59 bits per heavy atom. The summed E-state index contributed by atoms with van der Waals surface area (Å²) in [7, 11) is -3.87. The zero-order chi connectivity index (χ0) is 23.7. The average molecular weight is 486 g/mol. The van der Waals surface area contributed by atoms with Gasteiger partial charge in [0.2, 0.25) is 0 Å². The average Bonchev–Trinajstić information content (AvgIpc) is 3.08. The molecule has 1 aromatic heterocycles. The van der Waals surface area contributed by atoms with E-state index in [1.807, 2.05) is 25.1 Å². The number of nitrogens with one attached hydrogen (secondary N) is 1. The van der Waals surface area contributed by atoms with E-state index in [0.29, 0.717) is 10.7 Å². The molecule has 0 aliphatic carbocycles. The maximum atomic E-state index is 14.0. The number of para-hydroxylation sites is 1. The molecule has 10 heteroatoms. The molecule has 0 saturated carbocycles. The first kappa shape index (κ1) is 24.7. The zero-order valence-electron chi connectivity index (χ0n) is 18.4. The maximum Gasteiger partial charge on any atom is 0.416 e. The van der Waals surface area contributed by atoms with Crippen LogP contribution in [0.3, 0.4) is 0 Å². The van der Waals surface area contributed by atoms with E-state index in [-0.39, 0.29) is 0 Å². The molecule has 5 nitrogen and oxygen atoms in total. The van der Waals surface area contributed by atoms with Crippen molar-refractivity contribution in [2.45, 2.75) is 58.8 Å². The Kier molecular flexibility index (Phi) is 7.34. The van der Waals surface area contributed by atoms with Crippen LogP contribution >= 0.6 is 18.9 Å². The quantitative estimate of drug-likeness (QED) is 0.330. The number of hydrogen-bond acceptors (Lipinski definition) is 6. The maximum absolute atomic E-state index is 14.0. The smallest absolute Gasteiger partial charge is 0.344 e. The lowest BCUT2D eigenvalue weighted by atomic mass is 10.1. The van der Waals surface area contributed by atoms with Crippen molar-refractivity contribution in [1.29, 1.82) is 0 Å². The Bertz CT molecular complexity index is 1100. The summed E-state index contributed by atoms with van der Waals surface area (Å²) in [4.78, 5) is 4.60. The lowest BCUT2D eigenvalue weighted by Crippen LogP contribution is -2.19. The number of thiazole rings is 1. The van der Waals surface area contributed by atoms with Gasteiger partial charge in [0.25, 0.3) is 0 Å². The summed E-state index contributed by atoms with van der Waals surface area (Å²) in [5, 5.41) is 3.61. The molecule has 1 atom stereocenters. The van der Waals surface area contributed by atoms with Crippen molar-refractivity contribution in [3.05, 3.63) is 59.2 Å². The SMILES string of the molecule is Cc1cccc2sc(NC(c3ccc(C(F)(F)F)cc3)P(=O)(OC(C)C)OC(C)C)nc12. The van der Waals surface area contributed by atoms with Gasteiger partial charge in [-0.15, -0.1) is 0 Å². The van der Waals surface area contributed by atoms with Crippen molar-refractivity contribution in [1.82, 2.24) is 4.98 Å². The first-order chi connectivity index (χ1) is 14.9. The highest BCUT2D eigenvalue weighted by atomic mass is 32.1. The van der Waals surface area contributed by atoms with Crippen molar-refractivity contribution < 1.29 is 26.8 Å². The fourth-order valence-electron chi connectivity index (χ4n) is 3.20. The molecule has 0 fully saturated rings. The van der Waals surface area contributed by atoms with Crippen molar-refractivity contribution in [3.63, 3.8) is 0 Å². The monoisotopic (exact) mass is 486 g/mol. The standard InChI is InChI=1S/C22H26F3N2O3PS/c1-13(2)29-31(28,30-14(3)4)20(16-9-11-17(12-10-16)22(23,24)25)27-21-26-19-15(5)7-6-8-18(19)32-21/h6-14,20H,1-5H3,(H,26,27). The van der Waals surface area contributed by atoms with Crippen LogP contribution in [0.15, 0.2) is 42.5 Å². The third-order valence-corrected chi connectivity index (χ3v) is 7.91. The van der Waals surface area contributed by atoms with Crippen LogP contribution in [-0.2, 0) is 19.8 Å². The minimum absolute atomic E-state index is 0.346. The molecule has 0 spiro atoms. The molecule has 0 radical (unpaired) electrons. The predicted octanol–water partition coefficient (Wildman–Crippen LogP) is 7.78. The summed E-state index contributed by atoms with van der Waals surface area (Å²) in [6, 6.07) is 10.3. The van der Waals surface area contributed by atoms with Gasteiger partial charge in [0.05, 0.1) is 28.0 Å². The van der Waals surface area contributed by atoms with Crippen molar-refractivity contribution in [2.75, 3.05) is 5.32 Å². The van der Waals surface area contributed by atoms with E-state index in [4.69, 9.17) is 9.05 Å². The predicted molar refractivity (Wildman–Crippen MR) is 122 cm³/mol. The summed E-state index contributed by atoms with van der Waals surface area (Å²) in [6.45, 7) is 8.83. The Morgan fingerprint density at radius 3 is 2.09 bits per heavy atom. The second-order valence-corrected chi connectivity index (χ2v) is 11.0. The Morgan fingerprint density at radius 1 is 1.00 bits per heavy atom. The van der Waals surface area contributed by atoms with Crippen LogP contribution in [0.2, 0.25) is 0 Å². The van der Waals surface area contributed by atoms with Gasteiger partial charge in [-0.3, -0.25) is 4.57 Å². The number of nitrogens with zero attached hydrogens (tertiary/aromatic N) is 1. The minimum Gasteiger partial charge on any atom is -0.344 e. The number of benzene rings is 2. The van der Waals surface area contributed by atoms with Gasteiger partial charge >= 0.3 is 13.8 Å². The second kappa shape index (κ2) is 9.51. The molecule has 0 saturated heterocycles. The Labute approximate surface area is 189 Å². The highest BCUT2D eigenvalue weighted by molar-refractivity contribution is 7.54. The van der Waals surface area contributed by atoms with Gasteiger partial charge in [-0.05, 0) is 63.9 Å². The van der Waals surface area contributed by atoms with Crippen LogP contribution in [0.4, 0.5) is 18.3 Å². The third-order valence-electron chi connectivity index (χ3n) is 4.47. The molecule has 1 N–H and O–H groups in total. The summed E-state index contributed by atoms with van der Waals surface area (Å²) in [5.41, 5.74) is 1.34. The lowest BCUT2D eigenvalue weighted by Gasteiger charge is -2.30. The molecule has 1 unspecified atom stereocenters. The van der Waals surface area contributed by atoms with Gasteiger partial charge in [-0.2, -0.15) is 13.2 Å². The Hall–Kier alpha value is -1.93. The van der Waals surface area contributed by atoms with Gasteiger partial charge in [0.15, 0.2) is 10.9 Å². The largest absolute Gasteiger partial charge is 0.416 e. The van der Waals surface area contributed by atoms with Gasteiger partial charge in [0.1, 0.15) is 0 Å². The van der Waals surface area contributed by atoms with E-state index < -0.39 is 37.3 Å². The topological polar surface area (TPSA) is 60.5 Å². The zero-order valence-corrected chi connectivity index (χ0v) is 20.1. The normalized spacial score (nSPS) is 13.8. The third kappa shape index (κ3) is 5.70. The summed E-state index contributed by atoms with van der Waals surface area (Å²) < 4.78 is 65.6. The highest BCUT2D eigenvalue weighted by Gasteiger charge is 2.40. The number of anilines is 1. The highest BCUT2D eigenvalue weighted by Crippen LogP contribution is 2.62. The number of aryl methyl sites for hydroxylation is 1. The molecule has 3 rings (SSSR count). The number of rotatable bonds is 8. The van der Waals surface area contributed by atoms with E-state index in [2.05, 4.69) is 10.3 Å². The van der Waals surface area contributed by atoms with Crippen LogP contribution in [0.25, 0.3) is 10.2 Å². The van der Waals surface area contributed by atoms with Gasteiger partial charge in [0, 0.05) is 0 Å². The van der Waals surface area contributed by atoms with Crippen LogP contribution in [-0.4, -0.2) is 17.2 Å². The number of fused-ring (bicyclic) bond motifs is 1. The summed E-state index contributed by atoms with van der Waals surface area (Å²) in [6.07, 6.45) is -5.34. The van der Waals surface area contributed by atoms with Gasteiger partial charge < -0.3 is 14.4 Å². The molecule has 1 heterocycles. The molecule has 0 aliphatic rings. The van der Waals surface area contributed by atoms with Crippen molar-refractivity contribution in [3.8, 4) is 0 Å². The molecule has 2 aromatic carbocycles. The first-order valence-electron chi connectivity index (χ1n) is 10.2. The van der Waals surface area contributed by atoms with Crippen LogP contribution < -0.4 is 5.32 Å². The molecule has 3 aromatic rings. The number of hydrogen-bond donors (Lipinski definition) is 1. The van der Waals surface area contributed by atoms with Gasteiger partial charge in [-0.1, -0.05) is 35.6 Å². The van der Waals surface area contributed by atoms with E-state index >= 15 is 0 Å². The molecule has 0 amide bonds. The summed E-state index contributed by atoms with van der Waals surface area (Å²) >= 11 is 1.36. The molecular formula is C22H26F3N2O3PS. The van der Waals surface area contributed by atoms with Crippen molar-refractivity contribution in [2.24, 2.45) is 0 Å². The van der Waals surface area contributed by atoms with Crippen LogP contribution in [0, 0.1) is 6.92 Å². The molecular weight excluding hydrogens is 460 g/mol. The van der Waals surface area contributed by atoms with E-state index in [9.17, 15) is 17.7 Å². The number of halogens is 3. The fraction of sp³-hybridized carbons (Fsp3) is 0.409. The molecule has 32 heavy (non-hydrogen) atoms.